The maximum Gasteiger partial charge on any atom is 0.586 e. The lowest BCUT2D eigenvalue weighted by Crippen LogP contribution is -2.25. The largest absolute Gasteiger partial charge is 0.586 e. The summed E-state index contributed by atoms with van der Waals surface area (Å²) in [6, 6.07) is 4.51. The molecule has 108 valence electrons. The predicted molar refractivity (Wildman–Crippen MR) is 73.6 cm³/mol. The van der Waals surface area contributed by atoms with Crippen LogP contribution in [-0.2, 0) is 0 Å². The summed E-state index contributed by atoms with van der Waals surface area (Å²) in [5.41, 5.74) is 1.56. The van der Waals surface area contributed by atoms with Crippen LogP contribution in [0, 0.1) is 6.92 Å². The van der Waals surface area contributed by atoms with Gasteiger partial charge in [-0.25, -0.2) is 4.68 Å². The second-order valence-corrected chi connectivity index (χ2v) is 4.60. The molecule has 0 radical (unpaired) electrons. The first kappa shape index (κ1) is 14.8. The van der Waals surface area contributed by atoms with Crippen molar-refractivity contribution >= 4 is 15.9 Å². The Morgan fingerprint density at radius 1 is 1.20 bits per heavy atom. The van der Waals surface area contributed by atoms with Gasteiger partial charge in [0.1, 0.15) is 4.60 Å². The molecule has 1 aliphatic heterocycles. The number of benzene rings is 1. The quantitative estimate of drug-likeness (QED) is 0.772. The standard InChI is InChI=1S/C11H7BrF2N2O2.C2H6/c1-6-5-16(15-10(6)12)7-2-3-8-9(4-7)18-11(13,14)17-8;1-2/h2-5H,1H3;1-2H3. The monoisotopic (exact) mass is 346 g/mol. The van der Waals surface area contributed by atoms with E-state index in [0.29, 0.717) is 10.3 Å². The molecule has 3 rings (SSSR count). The number of rotatable bonds is 1. The number of aryl methyl sites for hydroxylation is 1. The van der Waals surface area contributed by atoms with E-state index in [1.807, 2.05) is 20.8 Å². The first-order valence-corrected chi connectivity index (χ1v) is 6.86. The Morgan fingerprint density at radius 3 is 2.45 bits per heavy atom. The molecule has 4 nitrogen and oxygen atoms in total. The molecule has 0 saturated carbocycles. The summed E-state index contributed by atoms with van der Waals surface area (Å²) in [4.78, 5) is 0. The number of alkyl halides is 2. The first-order chi connectivity index (χ1) is 9.44. The minimum absolute atomic E-state index is 0.00164. The zero-order chi connectivity index (χ0) is 14.9. The second-order valence-electron chi connectivity index (χ2n) is 3.85. The highest BCUT2D eigenvalue weighted by Gasteiger charge is 2.43. The molecular formula is C13H13BrF2N2O2. The molecule has 2 aromatic rings. The Kier molecular flexibility index (Phi) is 3.99. The smallest absolute Gasteiger partial charge is 0.395 e. The Labute approximate surface area is 123 Å². The van der Waals surface area contributed by atoms with Crippen LogP contribution in [-0.4, -0.2) is 16.1 Å². The Morgan fingerprint density at radius 2 is 1.85 bits per heavy atom. The lowest BCUT2D eigenvalue weighted by molar-refractivity contribution is -0.286. The van der Waals surface area contributed by atoms with Crippen LogP contribution in [0.25, 0.3) is 5.69 Å². The van der Waals surface area contributed by atoms with E-state index < -0.39 is 6.29 Å². The van der Waals surface area contributed by atoms with Crippen molar-refractivity contribution in [1.29, 1.82) is 0 Å². The van der Waals surface area contributed by atoms with Crippen molar-refractivity contribution in [3.05, 3.63) is 34.6 Å². The van der Waals surface area contributed by atoms with Crippen molar-refractivity contribution in [1.82, 2.24) is 9.78 Å². The Hall–Kier alpha value is -1.63. The van der Waals surface area contributed by atoms with Gasteiger partial charge in [-0.3, -0.25) is 0 Å². The van der Waals surface area contributed by atoms with Crippen LogP contribution in [0.1, 0.15) is 19.4 Å². The van der Waals surface area contributed by atoms with Gasteiger partial charge >= 0.3 is 6.29 Å². The van der Waals surface area contributed by atoms with Gasteiger partial charge in [0, 0.05) is 17.8 Å². The lowest BCUT2D eigenvalue weighted by atomic mass is 10.3. The lowest BCUT2D eigenvalue weighted by Gasteiger charge is -2.04. The summed E-state index contributed by atoms with van der Waals surface area (Å²) in [6.45, 7) is 5.88. The van der Waals surface area contributed by atoms with E-state index in [9.17, 15) is 8.78 Å². The minimum Gasteiger partial charge on any atom is -0.395 e. The number of halogens is 3. The Bertz CT molecular complexity index is 609. The highest BCUT2D eigenvalue weighted by atomic mass is 79.9. The summed E-state index contributed by atoms with van der Waals surface area (Å²) in [5, 5.41) is 4.19. The van der Waals surface area contributed by atoms with Crippen molar-refractivity contribution in [2.45, 2.75) is 27.1 Å². The van der Waals surface area contributed by atoms with Crippen molar-refractivity contribution in [3.63, 3.8) is 0 Å². The zero-order valence-electron chi connectivity index (χ0n) is 11.2. The van der Waals surface area contributed by atoms with Crippen LogP contribution < -0.4 is 9.47 Å². The average Bonchev–Trinajstić information content (AvgIpc) is 2.89. The molecule has 0 saturated heterocycles. The highest BCUT2D eigenvalue weighted by Crippen LogP contribution is 2.41. The number of aromatic nitrogens is 2. The summed E-state index contributed by atoms with van der Waals surface area (Å²) < 4.78 is 36.7. The van der Waals surface area contributed by atoms with Gasteiger partial charge in [0.25, 0.3) is 0 Å². The van der Waals surface area contributed by atoms with Crippen molar-refractivity contribution in [2.24, 2.45) is 0 Å². The first-order valence-electron chi connectivity index (χ1n) is 6.07. The summed E-state index contributed by atoms with van der Waals surface area (Å²) in [6.07, 6.45) is -1.82. The third-order valence-corrected chi connectivity index (χ3v) is 3.27. The molecule has 0 atom stereocenters. The predicted octanol–water partition coefficient (Wildman–Crippen LogP) is 4.29. The normalized spacial score (nSPS) is 14.7. The maximum atomic E-state index is 12.9. The molecule has 1 aromatic heterocycles. The van der Waals surface area contributed by atoms with Gasteiger partial charge in [-0.15, -0.1) is 8.78 Å². The van der Waals surface area contributed by atoms with Crippen molar-refractivity contribution < 1.29 is 18.3 Å². The van der Waals surface area contributed by atoms with Gasteiger partial charge in [0.15, 0.2) is 11.5 Å². The molecule has 0 fully saturated rings. The van der Waals surface area contributed by atoms with Gasteiger partial charge in [-0.05, 0) is 35.0 Å². The molecule has 2 heterocycles. The van der Waals surface area contributed by atoms with Crippen LogP contribution in [0.4, 0.5) is 8.78 Å². The minimum atomic E-state index is -3.60. The molecule has 0 aliphatic carbocycles. The van der Waals surface area contributed by atoms with E-state index in [1.54, 1.807) is 16.9 Å². The van der Waals surface area contributed by atoms with E-state index in [1.165, 1.54) is 12.1 Å². The molecule has 1 aromatic carbocycles. The second kappa shape index (κ2) is 5.40. The molecule has 20 heavy (non-hydrogen) atoms. The van der Waals surface area contributed by atoms with Gasteiger partial charge < -0.3 is 9.47 Å². The summed E-state index contributed by atoms with van der Waals surface area (Å²) in [5.74, 6) is 0.0217. The van der Waals surface area contributed by atoms with Gasteiger partial charge in [-0.1, -0.05) is 13.8 Å². The third-order valence-electron chi connectivity index (χ3n) is 2.49. The average molecular weight is 347 g/mol. The molecule has 7 heteroatoms. The van der Waals surface area contributed by atoms with E-state index in [2.05, 4.69) is 30.5 Å². The molecule has 0 N–H and O–H groups in total. The van der Waals surface area contributed by atoms with Crippen LogP contribution >= 0.6 is 15.9 Å². The van der Waals surface area contributed by atoms with Crippen LogP contribution in [0.2, 0.25) is 0 Å². The SMILES string of the molecule is CC.Cc1cn(-c2ccc3c(c2)OC(F)(F)O3)nc1Br. The van der Waals surface area contributed by atoms with E-state index in [-0.39, 0.29) is 11.5 Å². The van der Waals surface area contributed by atoms with Crippen LogP contribution in [0.3, 0.4) is 0 Å². The van der Waals surface area contributed by atoms with Gasteiger partial charge in [0.05, 0.1) is 5.69 Å². The fourth-order valence-electron chi connectivity index (χ4n) is 1.65. The third kappa shape index (κ3) is 2.77. The molecular weight excluding hydrogens is 334 g/mol. The fraction of sp³-hybridized carbons (Fsp3) is 0.308. The zero-order valence-corrected chi connectivity index (χ0v) is 12.7. The summed E-state index contributed by atoms with van der Waals surface area (Å²) in [7, 11) is 0. The number of nitrogens with zero attached hydrogens (tertiary/aromatic N) is 2. The molecule has 0 amide bonds. The van der Waals surface area contributed by atoms with E-state index >= 15 is 0 Å². The number of hydrogen-bond acceptors (Lipinski definition) is 3. The molecule has 0 unspecified atom stereocenters. The van der Waals surface area contributed by atoms with Crippen LogP contribution in [0.5, 0.6) is 11.5 Å². The van der Waals surface area contributed by atoms with E-state index in [4.69, 9.17) is 0 Å². The van der Waals surface area contributed by atoms with Crippen LogP contribution in [0.15, 0.2) is 29.0 Å². The van der Waals surface area contributed by atoms with Crippen molar-refractivity contribution in [2.75, 3.05) is 0 Å². The topological polar surface area (TPSA) is 36.3 Å². The number of ether oxygens (including phenoxy) is 2. The number of hydrogen-bond donors (Lipinski definition) is 0. The summed E-state index contributed by atoms with van der Waals surface area (Å²) >= 11 is 3.29. The molecule has 0 bridgehead atoms. The fourth-order valence-corrected chi connectivity index (χ4v) is 1.92. The highest BCUT2D eigenvalue weighted by molar-refractivity contribution is 9.10. The van der Waals surface area contributed by atoms with E-state index in [0.717, 1.165) is 5.56 Å². The number of fused-ring (bicyclic) bond motifs is 1. The van der Waals surface area contributed by atoms with Crippen molar-refractivity contribution in [3.8, 4) is 17.2 Å². The van der Waals surface area contributed by atoms with Gasteiger partial charge in [0.2, 0.25) is 0 Å². The Balaban J connectivity index is 0.000000704. The molecule has 1 aliphatic rings. The maximum absolute atomic E-state index is 12.9. The van der Waals surface area contributed by atoms with Gasteiger partial charge in [-0.2, -0.15) is 5.10 Å². The molecule has 0 spiro atoms.